The highest BCUT2D eigenvalue weighted by Gasteiger charge is 2.25. The maximum Gasteiger partial charge on any atom is 0.317 e. The van der Waals surface area contributed by atoms with E-state index in [1.54, 1.807) is 4.90 Å². The molecule has 0 saturated carbocycles. The van der Waals surface area contributed by atoms with Gasteiger partial charge in [-0.15, -0.1) is 0 Å². The summed E-state index contributed by atoms with van der Waals surface area (Å²) in [5.41, 5.74) is 6.47. The summed E-state index contributed by atoms with van der Waals surface area (Å²) in [6.45, 7) is 6.53. The lowest BCUT2D eigenvalue weighted by atomic mass is 9.94. The summed E-state index contributed by atoms with van der Waals surface area (Å²) in [5, 5.41) is 10.7. The SMILES string of the molecule is Cc1ccccc1[C@@H]1CCN(CCNC(=O)N(C)Cc2n[nH]c3c2CCCC3)C1. The highest BCUT2D eigenvalue weighted by atomic mass is 16.2. The standard InChI is InChI=1S/C23H33N5O/c1-17-7-3-4-8-19(17)18-11-13-28(15-18)14-12-24-23(29)27(2)16-22-20-9-5-6-10-21(20)25-26-22/h3-4,7-8,18H,5-6,9-16H2,1-2H3,(H,24,29)(H,25,26)/t18-/m1/s1. The van der Waals surface area contributed by atoms with Crippen LogP contribution in [0.15, 0.2) is 24.3 Å². The molecule has 0 bridgehead atoms. The summed E-state index contributed by atoms with van der Waals surface area (Å²) in [6, 6.07) is 8.68. The highest BCUT2D eigenvalue weighted by Crippen LogP contribution is 2.29. The van der Waals surface area contributed by atoms with Crippen molar-refractivity contribution >= 4 is 6.03 Å². The Labute approximate surface area is 173 Å². The minimum Gasteiger partial charge on any atom is -0.337 e. The van der Waals surface area contributed by atoms with Crippen LogP contribution < -0.4 is 5.32 Å². The number of H-pyrrole nitrogens is 1. The van der Waals surface area contributed by atoms with E-state index < -0.39 is 0 Å². The van der Waals surface area contributed by atoms with Crippen molar-refractivity contribution in [3.63, 3.8) is 0 Å². The topological polar surface area (TPSA) is 64.3 Å². The average Bonchev–Trinajstić information content (AvgIpc) is 3.36. The van der Waals surface area contributed by atoms with Crippen LogP contribution in [-0.4, -0.2) is 59.3 Å². The van der Waals surface area contributed by atoms with Crippen LogP contribution in [0.5, 0.6) is 0 Å². The summed E-state index contributed by atoms with van der Waals surface area (Å²) in [6.07, 6.45) is 5.80. The zero-order chi connectivity index (χ0) is 20.2. The lowest BCUT2D eigenvalue weighted by molar-refractivity contribution is 0.204. The fourth-order valence-corrected chi connectivity index (χ4v) is 4.77. The Morgan fingerprint density at radius 1 is 1.31 bits per heavy atom. The van der Waals surface area contributed by atoms with Crippen molar-refractivity contribution in [2.24, 2.45) is 0 Å². The minimum atomic E-state index is -0.0211. The van der Waals surface area contributed by atoms with E-state index in [0.29, 0.717) is 19.0 Å². The molecule has 1 saturated heterocycles. The highest BCUT2D eigenvalue weighted by molar-refractivity contribution is 5.73. The number of rotatable bonds is 6. The van der Waals surface area contributed by atoms with Crippen molar-refractivity contribution in [3.8, 4) is 0 Å². The van der Waals surface area contributed by atoms with Gasteiger partial charge in [0.1, 0.15) is 0 Å². The van der Waals surface area contributed by atoms with Gasteiger partial charge in [-0.05, 0) is 68.2 Å². The van der Waals surface area contributed by atoms with Crippen molar-refractivity contribution < 1.29 is 4.79 Å². The quantitative estimate of drug-likeness (QED) is 0.789. The van der Waals surface area contributed by atoms with Gasteiger partial charge in [0.2, 0.25) is 0 Å². The Bertz CT molecular complexity index is 846. The number of nitrogens with zero attached hydrogens (tertiary/aromatic N) is 3. The molecule has 1 aromatic carbocycles. The second kappa shape index (κ2) is 8.99. The number of nitrogens with one attached hydrogen (secondary N) is 2. The van der Waals surface area contributed by atoms with Crippen LogP contribution in [-0.2, 0) is 19.4 Å². The first-order chi connectivity index (χ1) is 14.1. The molecule has 1 aliphatic carbocycles. The summed E-state index contributed by atoms with van der Waals surface area (Å²) >= 11 is 0. The van der Waals surface area contributed by atoms with Gasteiger partial charge in [-0.2, -0.15) is 5.10 Å². The van der Waals surface area contributed by atoms with E-state index in [-0.39, 0.29) is 6.03 Å². The third-order valence-corrected chi connectivity index (χ3v) is 6.48. The largest absolute Gasteiger partial charge is 0.337 e. The molecule has 1 fully saturated rings. The molecule has 4 rings (SSSR count). The van der Waals surface area contributed by atoms with Crippen molar-refractivity contribution in [3.05, 3.63) is 52.3 Å². The molecule has 2 amide bonds. The molecule has 2 heterocycles. The van der Waals surface area contributed by atoms with Crippen molar-refractivity contribution in [1.82, 2.24) is 25.3 Å². The van der Waals surface area contributed by atoms with Gasteiger partial charge in [0, 0.05) is 32.4 Å². The van der Waals surface area contributed by atoms with Gasteiger partial charge in [0.25, 0.3) is 0 Å². The fourth-order valence-electron chi connectivity index (χ4n) is 4.77. The van der Waals surface area contributed by atoms with Crippen molar-refractivity contribution in [1.29, 1.82) is 0 Å². The van der Waals surface area contributed by atoms with Gasteiger partial charge in [-0.3, -0.25) is 5.10 Å². The third kappa shape index (κ3) is 4.64. The smallest absolute Gasteiger partial charge is 0.317 e. The van der Waals surface area contributed by atoms with Gasteiger partial charge in [0.05, 0.1) is 12.2 Å². The van der Waals surface area contributed by atoms with Gasteiger partial charge in [0.15, 0.2) is 0 Å². The number of hydrogen-bond acceptors (Lipinski definition) is 3. The first-order valence-electron chi connectivity index (χ1n) is 10.9. The Kier molecular flexibility index (Phi) is 6.19. The number of fused-ring (bicyclic) bond motifs is 1. The molecule has 1 aromatic heterocycles. The number of carbonyl (C=O) groups is 1. The van der Waals surface area contributed by atoms with E-state index in [9.17, 15) is 4.79 Å². The number of aromatic nitrogens is 2. The second-order valence-corrected chi connectivity index (χ2v) is 8.57. The number of amides is 2. The monoisotopic (exact) mass is 395 g/mol. The molecule has 6 heteroatoms. The zero-order valence-electron chi connectivity index (χ0n) is 17.7. The first kappa shape index (κ1) is 20.0. The molecule has 0 spiro atoms. The van der Waals surface area contributed by atoms with Gasteiger partial charge in [-0.25, -0.2) is 4.79 Å². The Morgan fingerprint density at radius 2 is 2.14 bits per heavy atom. The zero-order valence-corrected chi connectivity index (χ0v) is 17.7. The van der Waals surface area contributed by atoms with Crippen LogP contribution in [0, 0.1) is 6.92 Å². The van der Waals surface area contributed by atoms with Crippen molar-refractivity contribution in [2.45, 2.75) is 51.5 Å². The van der Waals surface area contributed by atoms with Gasteiger partial charge >= 0.3 is 6.03 Å². The molecule has 0 unspecified atom stereocenters. The van der Waals surface area contributed by atoms with Crippen LogP contribution in [0.3, 0.4) is 0 Å². The molecular weight excluding hydrogens is 362 g/mol. The van der Waals surface area contributed by atoms with E-state index in [2.05, 4.69) is 51.6 Å². The van der Waals surface area contributed by atoms with E-state index in [1.165, 1.54) is 41.6 Å². The molecule has 1 atom stereocenters. The van der Waals surface area contributed by atoms with Gasteiger partial charge in [-0.1, -0.05) is 24.3 Å². The Balaban J connectivity index is 1.21. The van der Waals surface area contributed by atoms with E-state index in [4.69, 9.17) is 0 Å². The lowest BCUT2D eigenvalue weighted by Crippen LogP contribution is -2.40. The summed E-state index contributed by atoms with van der Waals surface area (Å²) < 4.78 is 0. The van der Waals surface area contributed by atoms with Crippen LogP contribution in [0.4, 0.5) is 4.79 Å². The lowest BCUT2D eigenvalue weighted by Gasteiger charge is -2.21. The van der Waals surface area contributed by atoms with Crippen LogP contribution in [0.25, 0.3) is 0 Å². The van der Waals surface area contributed by atoms with Gasteiger partial charge < -0.3 is 15.1 Å². The molecule has 0 radical (unpaired) electrons. The molecule has 29 heavy (non-hydrogen) atoms. The number of likely N-dealkylation sites (tertiary alicyclic amines) is 1. The number of urea groups is 1. The van der Waals surface area contributed by atoms with Crippen LogP contribution in [0.2, 0.25) is 0 Å². The second-order valence-electron chi connectivity index (χ2n) is 8.57. The Morgan fingerprint density at radius 3 is 3.00 bits per heavy atom. The number of benzene rings is 1. The normalized spacial score (nSPS) is 19.2. The number of hydrogen-bond donors (Lipinski definition) is 2. The number of aromatic amines is 1. The van der Waals surface area contributed by atoms with Crippen molar-refractivity contribution in [2.75, 3.05) is 33.2 Å². The molecule has 2 aliphatic rings. The summed E-state index contributed by atoms with van der Waals surface area (Å²) in [4.78, 5) is 16.7. The third-order valence-electron chi connectivity index (χ3n) is 6.48. The van der Waals surface area contributed by atoms with E-state index in [0.717, 1.165) is 38.2 Å². The summed E-state index contributed by atoms with van der Waals surface area (Å²) in [7, 11) is 1.85. The molecule has 1 aliphatic heterocycles. The van der Waals surface area contributed by atoms with Crippen LogP contribution in [0.1, 0.15) is 53.3 Å². The van der Waals surface area contributed by atoms with Crippen LogP contribution >= 0.6 is 0 Å². The summed E-state index contributed by atoms with van der Waals surface area (Å²) in [5.74, 6) is 0.611. The maximum absolute atomic E-state index is 12.5. The van der Waals surface area contributed by atoms with E-state index >= 15 is 0 Å². The first-order valence-corrected chi connectivity index (χ1v) is 10.9. The molecule has 156 valence electrons. The molecular formula is C23H33N5O. The number of carbonyl (C=O) groups excluding carboxylic acids is 1. The molecule has 2 N–H and O–H groups in total. The predicted octanol–water partition coefficient (Wildman–Crippen LogP) is 3.23. The van der Waals surface area contributed by atoms with E-state index in [1.807, 2.05) is 7.05 Å². The number of aryl methyl sites for hydroxylation is 2. The minimum absolute atomic E-state index is 0.0211. The molecule has 6 nitrogen and oxygen atoms in total. The maximum atomic E-state index is 12.5. The Hall–Kier alpha value is -2.34. The fraction of sp³-hybridized carbons (Fsp3) is 0.565. The predicted molar refractivity (Wildman–Crippen MR) is 115 cm³/mol. The average molecular weight is 396 g/mol. The molecule has 2 aromatic rings.